The van der Waals surface area contributed by atoms with Gasteiger partial charge in [-0.2, -0.15) is 0 Å². The number of likely N-dealkylation sites (tertiary alicyclic amines) is 1. The molecule has 3 aromatic carbocycles. The van der Waals surface area contributed by atoms with Gasteiger partial charge in [0, 0.05) is 28.7 Å². The zero-order chi connectivity index (χ0) is 32.3. The first-order chi connectivity index (χ1) is 22.2. The highest BCUT2D eigenvalue weighted by atomic mass is 32.2. The number of aromatic nitrogens is 1. The molecular formula is C33H32N4O7S2. The van der Waals surface area contributed by atoms with Crippen molar-refractivity contribution in [1.82, 2.24) is 15.2 Å². The molecule has 0 spiro atoms. The summed E-state index contributed by atoms with van der Waals surface area (Å²) in [6.07, 6.45) is 4.32. The van der Waals surface area contributed by atoms with Gasteiger partial charge in [0.25, 0.3) is 11.8 Å². The Hall–Kier alpha value is -4.59. The Kier molecular flexibility index (Phi) is 9.15. The maximum atomic E-state index is 13.2. The summed E-state index contributed by atoms with van der Waals surface area (Å²) < 4.78 is 37.2. The fourth-order valence-corrected chi connectivity index (χ4v) is 8.09. The van der Waals surface area contributed by atoms with Gasteiger partial charge >= 0.3 is 5.97 Å². The molecule has 1 aromatic heterocycles. The predicted octanol–water partition coefficient (Wildman–Crippen LogP) is 4.54. The lowest BCUT2D eigenvalue weighted by Crippen LogP contribution is -2.37. The zero-order valence-electron chi connectivity index (χ0n) is 25.0. The van der Waals surface area contributed by atoms with Crippen LogP contribution in [0.5, 0.6) is 5.75 Å². The number of carbonyl (C=O) groups excluding carboxylic acids is 3. The summed E-state index contributed by atoms with van der Waals surface area (Å²) in [5.41, 5.74) is 1.23. The average molecular weight is 661 g/mol. The van der Waals surface area contributed by atoms with E-state index in [1.807, 2.05) is 24.3 Å². The third kappa shape index (κ3) is 6.52. The van der Waals surface area contributed by atoms with Crippen molar-refractivity contribution in [1.29, 1.82) is 0 Å². The summed E-state index contributed by atoms with van der Waals surface area (Å²) in [6.45, 7) is 2.42. The molecule has 4 aromatic rings. The number of thiazole rings is 1. The summed E-state index contributed by atoms with van der Waals surface area (Å²) in [6, 6.07) is 17.6. The SMILES string of the molecule is COC(=O)C1CCCN1CCCOc1ccc(-c2ncc(CNC(=O)c3ccc4c(c3)NC(=O)c3ccccc3S4(=O)=O)s2)cc1. The van der Waals surface area contributed by atoms with Crippen molar-refractivity contribution >= 4 is 44.6 Å². The highest BCUT2D eigenvalue weighted by Crippen LogP contribution is 2.34. The molecule has 2 aliphatic heterocycles. The second-order valence-electron chi connectivity index (χ2n) is 10.9. The van der Waals surface area contributed by atoms with E-state index in [1.54, 1.807) is 18.3 Å². The molecule has 46 heavy (non-hydrogen) atoms. The van der Waals surface area contributed by atoms with Crippen molar-refractivity contribution in [3.05, 3.63) is 88.9 Å². The fourth-order valence-electron chi connectivity index (χ4n) is 5.64. The Bertz CT molecular complexity index is 1890. The molecule has 13 heteroatoms. The standard InChI is InChI=1S/C33H32N4O7S2/c1-43-33(40)27-7-4-15-37(27)16-5-17-44-23-12-9-21(10-13-23)32-35-20-24(45-32)19-34-30(38)22-11-14-29-26(18-22)36-31(39)25-6-2-3-8-28(25)46(29,41)42/h2-3,6,8-14,18,20,27H,4-5,7,15-17,19H2,1H3,(H,34,38)(H,36,39). The Balaban J connectivity index is 1.02. The van der Waals surface area contributed by atoms with Crippen LogP contribution in [0, 0.1) is 0 Å². The van der Waals surface area contributed by atoms with Crippen molar-refractivity contribution in [2.75, 3.05) is 32.1 Å². The summed E-state index contributed by atoms with van der Waals surface area (Å²) in [5.74, 6) is -0.403. The highest BCUT2D eigenvalue weighted by Gasteiger charge is 2.32. The van der Waals surface area contributed by atoms with Crippen LogP contribution in [0.1, 0.15) is 44.9 Å². The molecular weight excluding hydrogens is 629 g/mol. The van der Waals surface area contributed by atoms with E-state index in [9.17, 15) is 22.8 Å². The van der Waals surface area contributed by atoms with Crippen LogP contribution in [-0.4, -0.2) is 68.9 Å². The summed E-state index contributed by atoms with van der Waals surface area (Å²) in [5, 5.41) is 6.26. The van der Waals surface area contributed by atoms with E-state index >= 15 is 0 Å². The van der Waals surface area contributed by atoms with Gasteiger partial charge in [0.2, 0.25) is 9.84 Å². The molecule has 0 aliphatic carbocycles. The normalized spacial score (nSPS) is 16.9. The number of anilines is 1. The van der Waals surface area contributed by atoms with Gasteiger partial charge in [0.05, 0.1) is 41.3 Å². The van der Waals surface area contributed by atoms with Gasteiger partial charge in [-0.15, -0.1) is 11.3 Å². The van der Waals surface area contributed by atoms with E-state index in [1.165, 1.54) is 48.8 Å². The number of sulfone groups is 1. The Labute approximate surface area is 270 Å². The van der Waals surface area contributed by atoms with Gasteiger partial charge in [-0.3, -0.25) is 19.3 Å². The number of fused-ring (bicyclic) bond motifs is 2. The van der Waals surface area contributed by atoms with E-state index in [4.69, 9.17) is 9.47 Å². The first-order valence-electron chi connectivity index (χ1n) is 14.8. The van der Waals surface area contributed by atoms with Crippen LogP contribution >= 0.6 is 11.3 Å². The monoisotopic (exact) mass is 660 g/mol. The minimum absolute atomic E-state index is 0.0529. The number of nitrogens with one attached hydrogen (secondary N) is 2. The third-order valence-corrected chi connectivity index (χ3v) is 10.9. The average Bonchev–Trinajstić information content (AvgIpc) is 3.74. The third-order valence-electron chi connectivity index (χ3n) is 7.97. The molecule has 0 bridgehead atoms. The smallest absolute Gasteiger partial charge is 0.323 e. The van der Waals surface area contributed by atoms with Gasteiger partial charge in [-0.1, -0.05) is 12.1 Å². The Morgan fingerprint density at radius 2 is 1.89 bits per heavy atom. The second kappa shape index (κ2) is 13.4. The molecule has 238 valence electrons. The molecule has 3 heterocycles. The second-order valence-corrected chi connectivity index (χ2v) is 13.9. The lowest BCUT2D eigenvalue weighted by Gasteiger charge is -2.22. The molecule has 2 N–H and O–H groups in total. The van der Waals surface area contributed by atoms with E-state index in [0.29, 0.717) is 6.61 Å². The number of rotatable bonds is 10. The van der Waals surface area contributed by atoms with Crippen LogP contribution in [-0.2, 0) is 25.9 Å². The number of carbonyl (C=O) groups is 3. The number of methoxy groups -OCH3 is 1. The van der Waals surface area contributed by atoms with Gasteiger partial charge < -0.3 is 20.1 Å². The minimum Gasteiger partial charge on any atom is -0.494 e. The number of hydrogen-bond donors (Lipinski definition) is 2. The van der Waals surface area contributed by atoms with Crippen molar-refractivity contribution in [2.45, 2.75) is 41.6 Å². The largest absolute Gasteiger partial charge is 0.494 e. The van der Waals surface area contributed by atoms with E-state index in [2.05, 4.69) is 20.5 Å². The maximum absolute atomic E-state index is 13.2. The minimum atomic E-state index is -3.95. The lowest BCUT2D eigenvalue weighted by atomic mass is 10.1. The molecule has 1 unspecified atom stereocenters. The highest BCUT2D eigenvalue weighted by molar-refractivity contribution is 7.91. The summed E-state index contributed by atoms with van der Waals surface area (Å²) in [7, 11) is -2.53. The topological polar surface area (TPSA) is 144 Å². The molecule has 0 saturated carbocycles. The van der Waals surface area contributed by atoms with Crippen LogP contribution in [0.2, 0.25) is 0 Å². The lowest BCUT2D eigenvalue weighted by molar-refractivity contribution is -0.145. The quantitative estimate of drug-likeness (QED) is 0.185. The number of benzene rings is 3. The molecule has 2 amide bonds. The molecule has 6 rings (SSSR count). The van der Waals surface area contributed by atoms with E-state index in [-0.39, 0.29) is 45.2 Å². The molecule has 2 aliphatic rings. The molecule has 1 fully saturated rings. The molecule has 11 nitrogen and oxygen atoms in total. The molecule has 1 saturated heterocycles. The number of esters is 1. The van der Waals surface area contributed by atoms with E-state index in [0.717, 1.165) is 53.5 Å². The fraction of sp³-hybridized carbons (Fsp3) is 0.273. The van der Waals surface area contributed by atoms with Gasteiger partial charge in [-0.25, -0.2) is 13.4 Å². The Morgan fingerprint density at radius 1 is 1.09 bits per heavy atom. The number of ether oxygens (including phenoxy) is 2. The first-order valence-corrected chi connectivity index (χ1v) is 17.1. The van der Waals surface area contributed by atoms with Crippen molar-refractivity contribution < 1.29 is 32.3 Å². The summed E-state index contributed by atoms with van der Waals surface area (Å²) >= 11 is 1.44. The zero-order valence-corrected chi connectivity index (χ0v) is 26.7. The first kappa shape index (κ1) is 31.4. The van der Waals surface area contributed by atoms with Gasteiger partial charge in [-0.05, 0) is 80.4 Å². The van der Waals surface area contributed by atoms with Crippen LogP contribution in [0.15, 0.2) is 82.7 Å². The maximum Gasteiger partial charge on any atom is 0.323 e. The van der Waals surface area contributed by atoms with Crippen molar-refractivity contribution in [3.63, 3.8) is 0 Å². The summed E-state index contributed by atoms with van der Waals surface area (Å²) in [4.78, 5) is 45.0. The van der Waals surface area contributed by atoms with Crippen molar-refractivity contribution in [3.8, 4) is 16.3 Å². The van der Waals surface area contributed by atoms with Gasteiger partial charge in [0.1, 0.15) is 16.8 Å². The molecule has 0 radical (unpaired) electrons. The predicted molar refractivity (Wildman–Crippen MR) is 172 cm³/mol. The number of nitrogens with zero attached hydrogens (tertiary/aromatic N) is 2. The van der Waals surface area contributed by atoms with Gasteiger partial charge in [0.15, 0.2) is 0 Å². The van der Waals surface area contributed by atoms with Crippen molar-refractivity contribution in [2.24, 2.45) is 0 Å². The van der Waals surface area contributed by atoms with Crippen LogP contribution < -0.4 is 15.4 Å². The van der Waals surface area contributed by atoms with Crippen LogP contribution in [0.3, 0.4) is 0 Å². The number of hydrogen-bond acceptors (Lipinski definition) is 10. The van der Waals surface area contributed by atoms with E-state index < -0.39 is 21.7 Å². The Morgan fingerprint density at radius 3 is 2.70 bits per heavy atom. The molecule has 1 atom stereocenters. The number of amides is 2. The van der Waals surface area contributed by atoms with Crippen LogP contribution in [0.4, 0.5) is 5.69 Å². The van der Waals surface area contributed by atoms with Crippen LogP contribution in [0.25, 0.3) is 10.6 Å².